The second kappa shape index (κ2) is 20.1. The monoisotopic (exact) mass is 462 g/mol. The van der Waals surface area contributed by atoms with Crippen LogP contribution in [0.4, 0.5) is 4.39 Å². The summed E-state index contributed by atoms with van der Waals surface area (Å²) in [4.78, 5) is 0. The van der Waals surface area contributed by atoms with Crippen LogP contribution in [0.3, 0.4) is 0 Å². The van der Waals surface area contributed by atoms with E-state index >= 15 is 4.39 Å². The smallest absolute Gasteiger partial charge is 0.228 e. The second-order valence-electron chi connectivity index (χ2n) is 8.94. The second-order valence-corrected chi connectivity index (χ2v) is 8.94. The Balaban J connectivity index is 2.83. The lowest BCUT2D eigenvalue weighted by Gasteiger charge is -2.43. The molecule has 32 heavy (non-hydrogen) atoms. The SMILES string of the molecule is CCCCCOC[C@H]1OC(F)[C@@H](OCCCCC)[C@@H](OCCCCC)[C@@H]1OCCCCC. The molecular formula is C26H51FO5. The summed E-state index contributed by atoms with van der Waals surface area (Å²) >= 11 is 0. The van der Waals surface area contributed by atoms with Gasteiger partial charge in [0.25, 0.3) is 0 Å². The predicted molar refractivity (Wildman–Crippen MR) is 128 cm³/mol. The van der Waals surface area contributed by atoms with Crippen molar-refractivity contribution in [2.45, 2.75) is 136 Å². The van der Waals surface area contributed by atoms with Crippen LogP contribution < -0.4 is 0 Å². The quantitative estimate of drug-likeness (QED) is 0.180. The molecule has 1 unspecified atom stereocenters. The Morgan fingerprint density at radius 2 is 1.00 bits per heavy atom. The minimum atomic E-state index is -1.53. The molecule has 0 aromatic carbocycles. The summed E-state index contributed by atoms with van der Waals surface area (Å²) in [6.07, 6.45) is 9.07. The summed E-state index contributed by atoms with van der Waals surface area (Å²) in [6, 6.07) is 0. The Morgan fingerprint density at radius 1 is 0.562 bits per heavy atom. The standard InChI is InChI=1S/C26H51FO5/c1-5-9-13-17-28-21-22-23(29-18-14-10-6-2)24(30-19-15-11-7-3)25(26(27)32-22)31-20-16-12-8-4/h22-26H,5-21H2,1-4H3/t22-,23-,24+,25+,26?/m1/s1. The molecule has 0 bridgehead atoms. The Bertz CT molecular complexity index is 412. The normalized spacial score (nSPS) is 26.0. The van der Waals surface area contributed by atoms with Crippen LogP contribution in [0.2, 0.25) is 0 Å². The Kier molecular flexibility index (Phi) is 18.7. The van der Waals surface area contributed by atoms with E-state index in [4.69, 9.17) is 23.7 Å². The van der Waals surface area contributed by atoms with E-state index < -0.39 is 24.7 Å². The molecule has 1 aliphatic heterocycles. The maximum Gasteiger partial charge on any atom is 0.228 e. The van der Waals surface area contributed by atoms with Gasteiger partial charge in [-0.3, -0.25) is 0 Å². The van der Waals surface area contributed by atoms with Crippen molar-refractivity contribution in [3.63, 3.8) is 0 Å². The molecule has 1 fully saturated rings. The fraction of sp³-hybridized carbons (Fsp3) is 1.00. The lowest BCUT2D eigenvalue weighted by Crippen LogP contribution is -2.60. The molecule has 0 aliphatic carbocycles. The average Bonchev–Trinajstić information content (AvgIpc) is 2.79. The van der Waals surface area contributed by atoms with E-state index in [1.807, 2.05) is 0 Å². The van der Waals surface area contributed by atoms with Gasteiger partial charge in [0.2, 0.25) is 6.36 Å². The third-order valence-electron chi connectivity index (χ3n) is 5.93. The minimum Gasteiger partial charge on any atom is -0.379 e. The van der Waals surface area contributed by atoms with Gasteiger partial charge in [-0.1, -0.05) is 79.1 Å². The van der Waals surface area contributed by atoms with Gasteiger partial charge < -0.3 is 23.7 Å². The van der Waals surface area contributed by atoms with Crippen LogP contribution >= 0.6 is 0 Å². The van der Waals surface area contributed by atoms with E-state index in [2.05, 4.69) is 27.7 Å². The van der Waals surface area contributed by atoms with Crippen LogP contribution in [-0.4, -0.2) is 63.8 Å². The molecule has 192 valence electrons. The highest BCUT2D eigenvalue weighted by molar-refractivity contribution is 4.92. The first kappa shape index (κ1) is 29.8. The van der Waals surface area contributed by atoms with E-state index in [-0.39, 0.29) is 6.10 Å². The Morgan fingerprint density at radius 3 is 1.50 bits per heavy atom. The van der Waals surface area contributed by atoms with Crippen molar-refractivity contribution < 1.29 is 28.1 Å². The number of rotatable bonds is 21. The first-order chi connectivity index (χ1) is 15.7. The van der Waals surface area contributed by atoms with E-state index in [0.717, 1.165) is 77.0 Å². The molecule has 0 spiro atoms. The topological polar surface area (TPSA) is 46.2 Å². The lowest BCUT2D eigenvalue weighted by atomic mass is 9.98. The third-order valence-corrected chi connectivity index (χ3v) is 5.93. The summed E-state index contributed by atoms with van der Waals surface area (Å²) in [7, 11) is 0. The number of hydrogen-bond donors (Lipinski definition) is 0. The van der Waals surface area contributed by atoms with Gasteiger partial charge in [0, 0.05) is 26.4 Å². The Labute approximate surface area is 197 Å². The van der Waals surface area contributed by atoms with Crippen molar-refractivity contribution in [3.8, 4) is 0 Å². The largest absolute Gasteiger partial charge is 0.379 e. The van der Waals surface area contributed by atoms with Crippen molar-refractivity contribution in [3.05, 3.63) is 0 Å². The van der Waals surface area contributed by atoms with Gasteiger partial charge in [-0.05, 0) is 25.7 Å². The fourth-order valence-corrected chi connectivity index (χ4v) is 3.93. The third kappa shape index (κ3) is 12.3. The van der Waals surface area contributed by atoms with Gasteiger partial charge in [-0.2, -0.15) is 0 Å². The molecule has 1 aliphatic rings. The first-order valence-electron chi connectivity index (χ1n) is 13.4. The van der Waals surface area contributed by atoms with Crippen molar-refractivity contribution in [1.29, 1.82) is 0 Å². The zero-order chi connectivity index (χ0) is 23.4. The molecule has 0 N–H and O–H groups in total. The summed E-state index contributed by atoms with van der Waals surface area (Å²) in [6.45, 7) is 11.3. The van der Waals surface area contributed by atoms with E-state index in [1.54, 1.807) is 0 Å². The lowest BCUT2D eigenvalue weighted by molar-refractivity contribution is -0.293. The Hall–Kier alpha value is -0.270. The van der Waals surface area contributed by atoms with Crippen molar-refractivity contribution in [1.82, 2.24) is 0 Å². The molecule has 0 saturated carbocycles. The summed E-state index contributed by atoms with van der Waals surface area (Å²) < 4.78 is 45.3. The highest BCUT2D eigenvalue weighted by atomic mass is 19.1. The van der Waals surface area contributed by atoms with Gasteiger partial charge in [0.1, 0.15) is 24.4 Å². The van der Waals surface area contributed by atoms with Crippen molar-refractivity contribution in [2.75, 3.05) is 33.0 Å². The molecule has 0 amide bonds. The number of unbranched alkanes of at least 4 members (excludes halogenated alkanes) is 8. The fourth-order valence-electron chi connectivity index (χ4n) is 3.93. The zero-order valence-corrected chi connectivity index (χ0v) is 21.3. The molecule has 1 heterocycles. The van der Waals surface area contributed by atoms with Crippen molar-refractivity contribution in [2.24, 2.45) is 0 Å². The highest BCUT2D eigenvalue weighted by Crippen LogP contribution is 2.30. The van der Waals surface area contributed by atoms with Crippen LogP contribution in [-0.2, 0) is 23.7 Å². The summed E-state index contributed by atoms with van der Waals surface area (Å²) in [5.41, 5.74) is 0. The van der Waals surface area contributed by atoms with Crippen LogP contribution in [0.25, 0.3) is 0 Å². The molecule has 1 rings (SSSR count). The van der Waals surface area contributed by atoms with Gasteiger partial charge in [0.05, 0.1) is 6.61 Å². The number of ether oxygens (including phenoxy) is 5. The maximum absolute atomic E-state index is 15.1. The molecular weight excluding hydrogens is 411 g/mol. The van der Waals surface area contributed by atoms with Crippen LogP contribution in [0, 0.1) is 0 Å². The van der Waals surface area contributed by atoms with Crippen molar-refractivity contribution >= 4 is 0 Å². The molecule has 5 atom stereocenters. The maximum atomic E-state index is 15.1. The van der Waals surface area contributed by atoms with Crippen LogP contribution in [0.1, 0.15) is 105 Å². The van der Waals surface area contributed by atoms with Gasteiger partial charge in [-0.15, -0.1) is 0 Å². The summed E-state index contributed by atoms with van der Waals surface area (Å²) in [5, 5.41) is 0. The number of alkyl halides is 1. The minimum absolute atomic E-state index is 0.319. The predicted octanol–water partition coefficient (Wildman–Crippen LogP) is 6.61. The molecule has 0 radical (unpaired) electrons. The average molecular weight is 463 g/mol. The van der Waals surface area contributed by atoms with E-state index in [0.29, 0.717) is 33.0 Å². The first-order valence-corrected chi connectivity index (χ1v) is 13.4. The van der Waals surface area contributed by atoms with Crippen LogP contribution in [0.5, 0.6) is 0 Å². The van der Waals surface area contributed by atoms with E-state index in [9.17, 15) is 0 Å². The highest BCUT2D eigenvalue weighted by Gasteiger charge is 2.48. The van der Waals surface area contributed by atoms with Gasteiger partial charge in [-0.25, -0.2) is 4.39 Å². The number of hydrogen-bond acceptors (Lipinski definition) is 5. The van der Waals surface area contributed by atoms with Gasteiger partial charge >= 0.3 is 0 Å². The van der Waals surface area contributed by atoms with Crippen LogP contribution in [0.15, 0.2) is 0 Å². The molecule has 6 heteroatoms. The van der Waals surface area contributed by atoms with Gasteiger partial charge in [0.15, 0.2) is 0 Å². The molecule has 0 aromatic heterocycles. The molecule has 0 aromatic rings. The molecule has 5 nitrogen and oxygen atoms in total. The summed E-state index contributed by atoms with van der Waals surface area (Å²) in [5.74, 6) is 0. The zero-order valence-electron chi connectivity index (χ0n) is 21.3. The van der Waals surface area contributed by atoms with E-state index in [1.165, 1.54) is 0 Å². The number of halogens is 1. The molecule has 1 saturated heterocycles.